The molecule has 3 aromatic rings. The summed E-state index contributed by atoms with van der Waals surface area (Å²) >= 11 is 0. The molecule has 2 aromatic heterocycles. The van der Waals surface area contributed by atoms with Gasteiger partial charge in [0.15, 0.2) is 0 Å². The molecule has 2 heterocycles. The van der Waals surface area contributed by atoms with E-state index >= 15 is 0 Å². The van der Waals surface area contributed by atoms with Crippen molar-refractivity contribution in [3.63, 3.8) is 0 Å². The molecule has 1 N–H and O–H groups in total. The fourth-order valence-electron chi connectivity index (χ4n) is 2.27. The Morgan fingerprint density at radius 3 is 2.94 bits per heavy atom. The smallest absolute Gasteiger partial charge is 0.133 e. The highest BCUT2D eigenvalue weighted by Crippen LogP contribution is 2.21. The van der Waals surface area contributed by atoms with Crippen LogP contribution in [0.1, 0.15) is 17.0 Å². The Bertz CT molecular complexity index is 682. The van der Waals surface area contributed by atoms with Crippen molar-refractivity contribution in [2.45, 2.75) is 20.1 Å². The van der Waals surface area contributed by atoms with Crippen LogP contribution in [0.25, 0.3) is 10.9 Å². The lowest BCUT2D eigenvalue weighted by Gasteiger charge is -2.06. The molecule has 0 fully saturated rings. The van der Waals surface area contributed by atoms with Crippen molar-refractivity contribution < 1.29 is 9.63 Å². The molecule has 1 aromatic carbocycles. The quantitative estimate of drug-likeness (QED) is 0.767. The van der Waals surface area contributed by atoms with Crippen LogP contribution in [0.5, 0.6) is 0 Å². The SMILES string of the molecule is Cc1cc(Cn2ccc3cccc(CO)c32)no1. The molecule has 0 atom stereocenters. The summed E-state index contributed by atoms with van der Waals surface area (Å²) in [7, 11) is 0. The van der Waals surface area contributed by atoms with Gasteiger partial charge in [0.05, 0.1) is 18.7 Å². The van der Waals surface area contributed by atoms with E-state index < -0.39 is 0 Å². The van der Waals surface area contributed by atoms with Gasteiger partial charge in [-0.1, -0.05) is 23.4 Å². The molecule has 0 amide bonds. The normalized spacial score (nSPS) is 11.2. The lowest BCUT2D eigenvalue weighted by atomic mass is 10.1. The van der Waals surface area contributed by atoms with Gasteiger partial charge < -0.3 is 14.2 Å². The van der Waals surface area contributed by atoms with E-state index in [1.165, 1.54) is 0 Å². The van der Waals surface area contributed by atoms with Gasteiger partial charge >= 0.3 is 0 Å². The second-order valence-electron chi connectivity index (χ2n) is 4.39. The van der Waals surface area contributed by atoms with Crippen LogP contribution in [0.2, 0.25) is 0 Å². The van der Waals surface area contributed by atoms with Gasteiger partial charge in [-0.3, -0.25) is 0 Å². The van der Waals surface area contributed by atoms with Crippen LogP contribution in [-0.4, -0.2) is 14.8 Å². The Morgan fingerprint density at radius 1 is 1.33 bits per heavy atom. The van der Waals surface area contributed by atoms with E-state index in [4.69, 9.17) is 4.52 Å². The maximum Gasteiger partial charge on any atom is 0.133 e. The second-order valence-corrected chi connectivity index (χ2v) is 4.39. The lowest BCUT2D eigenvalue weighted by molar-refractivity contribution is 0.283. The average molecular weight is 242 g/mol. The Balaban J connectivity index is 2.06. The Kier molecular flexibility index (Phi) is 2.64. The third kappa shape index (κ3) is 1.80. The van der Waals surface area contributed by atoms with Gasteiger partial charge in [-0.25, -0.2) is 0 Å². The van der Waals surface area contributed by atoms with Crippen LogP contribution in [0.15, 0.2) is 41.1 Å². The molecule has 4 nitrogen and oxygen atoms in total. The first-order chi connectivity index (χ1) is 8.78. The monoisotopic (exact) mass is 242 g/mol. The summed E-state index contributed by atoms with van der Waals surface area (Å²) in [5.41, 5.74) is 2.87. The number of aromatic nitrogens is 2. The van der Waals surface area contributed by atoms with E-state index in [1.807, 2.05) is 43.5 Å². The zero-order chi connectivity index (χ0) is 12.5. The number of hydrogen-bond donors (Lipinski definition) is 1. The summed E-state index contributed by atoms with van der Waals surface area (Å²) in [6, 6.07) is 9.90. The van der Waals surface area contributed by atoms with E-state index in [2.05, 4.69) is 9.72 Å². The minimum Gasteiger partial charge on any atom is -0.392 e. The maximum absolute atomic E-state index is 9.40. The van der Waals surface area contributed by atoms with E-state index in [9.17, 15) is 5.11 Å². The van der Waals surface area contributed by atoms with Crippen LogP contribution in [-0.2, 0) is 13.2 Å². The minimum atomic E-state index is 0.0409. The number of hydrogen-bond acceptors (Lipinski definition) is 3. The number of aliphatic hydroxyl groups is 1. The highest BCUT2D eigenvalue weighted by atomic mass is 16.5. The average Bonchev–Trinajstić information content (AvgIpc) is 2.97. The molecule has 3 rings (SSSR count). The fraction of sp³-hybridized carbons (Fsp3) is 0.214. The second kappa shape index (κ2) is 4.31. The number of rotatable bonds is 3. The van der Waals surface area contributed by atoms with Gasteiger partial charge in [0, 0.05) is 17.8 Å². The van der Waals surface area contributed by atoms with Gasteiger partial charge in [-0.2, -0.15) is 0 Å². The number of aliphatic hydroxyl groups excluding tert-OH is 1. The molecule has 18 heavy (non-hydrogen) atoms. The summed E-state index contributed by atoms with van der Waals surface area (Å²) in [6.07, 6.45) is 2.01. The molecule has 0 saturated heterocycles. The number of para-hydroxylation sites is 1. The molecule has 0 aliphatic heterocycles. The third-order valence-corrected chi connectivity index (χ3v) is 3.05. The van der Waals surface area contributed by atoms with E-state index in [-0.39, 0.29) is 6.61 Å². The van der Waals surface area contributed by atoms with Crippen molar-refractivity contribution >= 4 is 10.9 Å². The molecule has 0 aliphatic carbocycles. The zero-order valence-corrected chi connectivity index (χ0v) is 10.1. The highest BCUT2D eigenvalue weighted by Gasteiger charge is 2.08. The predicted octanol–water partition coefficient (Wildman–Crippen LogP) is 2.48. The molecule has 0 aliphatic rings. The molecular formula is C14H14N2O2. The van der Waals surface area contributed by atoms with Gasteiger partial charge in [0.25, 0.3) is 0 Å². The molecular weight excluding hydrogens is 228 g/mol. The van der Waals surface area contributed by atoms with Crippen molar-refractivity contribution in [3.05, 3.63) is 53.5 Å². The van der Waals surface area contributed by atoms with E-state index in [0.29, 0.717) is 6.54 Å². The molecule has 0 saturated carbocycles. The first kappa shape index (κ1) is 11.0. The lowest BCUT2D eigenvalue weighted by Crippen LogP contribution is -2.00. The van der Waals surface area contributed by atoms with E-state index in [1.54, 1.807) is 0 Å². The van der Waals surface area contributed by atoms with Crippen LogP contribution in [0, 0.1) is 6.92 Å². The molecule has 4 heteroatoms. The molecule has 0 unspecified atom stereocenters. The molecule has 0 bridgehead atoms. The molecule has 0 radical (unpaired) electrons. The Hall–Kier alpha value is -2.07. The predicted molar refractivity (Wildman–Crippen MR) is 68.2 cm³/mol. The van der Waals surface area contributed by atoms with Gasteiger partial charge in [0.2, 0.25) is 0 Å². The van der Waals surface area contributed by atoms with Gasteiger partial charge in [-0.05, 0) is 18.4 Å². The van der Waals surface area contributed by atoms with Crippen LogP contribution >= 0.6 is 0 Å². The van der Waals surface area contributed by atoms with Crippen LogP contribution in [0.3, 0.4) is 0 Å². The fourth-order valence-corrected chi connectivity index (χ4v) is 2.27. The first-order valence-corrected chi connectivity index (χ1v) is 5.88. The first-order valence-electron chi connectivity index (χ1n) is 5.88. The van der Waals surface area contributed by atoms with Crippen LogP contribution in [0.4, 0.5) is 0 Å². The minimum absolute atomic E-state index is 0.0409. The van der Waals surface area contributed by atoms with Crippen molar-refractivity contribution in [2.75, 3.05) is 0 Å². The number of benzene rings is 1. The van der Waals surface area contributed by atoms with Crippen molar-refractivity contribution in [1.82, 2.24) is 9.72 Å². The summed E-state index contributed by atoms with van der Waals surface area (Å²) < 4.78 is 7.15. The van der Waals surface area contributed by atoms with Gasteiger partial charge in [-0.15, -0.1) is 0 Å². The number of fused-ring (bicyclic) bond motifs is 1. The standard InChI is InChI=1S/C14H14N2O2/c1-10-7-13(15-18-10)8-16-6-5-11-3-2-4-12(9-17)14(11)16/h2-7,17H,8-9H2,1H3. The Labute approximate surface area is 104 Å². The highest BCUT2D eigenvalue weighted by molar-refractivity contribution is 5.83. The van der Waals surface area contributed by atoms with Crippen molar-refractivity contribution in [1.29, 1.82) is 0 Å². The summed E-state index contributed by atoms with van der Waals surface area (Å²) in [4.78, 5) is 0. The zero-order valence-electron chi connectivity index (χ0n) is 10.1. The molecule has 92 valence electrons. The largest absolute Gasteiger partial charge is 0.392 e. The Morgan fingerprint density at radius 2 is 2.22 bits per heavy atom. The van der Waals surface area contributed by atoms with Crippen molar-refractivity contribution in [2.24, 2.45) is 0 Å². The van der Waals surface area contributed by atoms with Gasteiger partial charge in [0.1, 0.15) is 11.5 Å². The number of nitrogens with zero attached hydrogens (tertiary/aromatic N) is 2. The summed E-state index contributed by atoms with van der Waals surface area (Å²) in [5, 5.41) is 14.5. The maximum atomic E-state index is 9.40. The summed E-state index contributed by atoms with van der Waals surface area (Å²) in [6.45, 7) is 2.57. The third-order valence-electron chi connectivity index (χ3n) is 3.05. The molecule has 0 spiro atoms. The van der Waals surface area contributed by atoms with Crippen LogP contribution < -0.4 is 0 Å². The topological polar surface area (TPSA) is 51.2 Å². The number of aryl methyl sites for hydroxylation is 1. The van der Waals surface area contributed by atoms with E-state index in [0.717, 1.165) is 27.9 Å². The summed E-state index contributed by atoms with van der Waals surface area (Å²) in [5.74, 6) is 0.809. The van der Waals surface area contributed by atoms with Crippen molar-refractivity contribution in [3.8, 4) is 0 Å².